The third-order valence-electron chi connectivity index (χ3n) is 6.85. The highest BCUT2D eigenvalue weighted by Crippen LogP contribution is 2.36. The summed E-state index contributed by atoms with van der Waals surface area (Å²) in [4.78, 5) is 2.58. The second-order valence-electron chi connectivity index (χ2n) is 9.19. The number of nitrogens with zero attached hydrogens (tertiary/aromatic N) is 2. The molecule has 8 nitrogen and oxygen atoms in total. The van der Waals surface area contributed by atoms with Crippen molar-refractivity contribution in [3.05, 3.63) is 58.7 Å². The summed E-state index contributed by atoms with van der Waals surface area (Å²) in [6, 6.07) is 12.1. The van der Waals surface area contributed by atoms with Crippen LogP contribution in [0.3, 0.4) is 0 Å². The molecule has 2 aromatic rings. The molecular formula is C23H29N3O5S2. The molecule has 33 heavy (non-hydrogen) atoms. The average Bonchev–Trinajstić information content (AvgIpc) is 3.33. The molecule has 0 atom stereocenters. The van der Waals surface area contributed by atoms with Crippen LogP contribution >= 0.6 is 0 Å². The minimum Gasteiger partial charge on any atom is -0.492 e. The Balaban J connectivity index is 1.29. The standard InChI is InChI=1S/C23H29N3O5S2/c1-32(27,28)26-10-8-17(9-11-26)16-31-22-7-6-20(21-12-24-33(29,30)23(21)22)15-25-13-18-4-2-3-5-19(18)14-25/h2-7,17,24H,8-16H2,1H3. The summed E-state index contributed by atoms with van der Waals surface area (Å²) in [7, 11) is -6.78. The van der Waals surface area contributed by atoms with Crippen LogP contribution in [0.4, 0.5) is 0 Å². The molecule has 0 aromatic heterocycles. The summed E-state index contributed by atoms with van der Waals surface area (Å²) in [5, 5.41) is 0. The lowest BCUT2D eigenvalue weighted by Crippen LogP contribution is -2.39. The fraction of sp³-hybridized carbons (Fsp3) is 0.478. The van der Waals surface area contributed by atoms with Gasteiger partial charge in [-0.25, -0.2) is 25.9 Å². The zero-order valence-corrected chi connectivity index (χ0v) is 20.3. The van der Waals surface area contributed by atoms with Crippen molar-refractivity contribution in [3.63, 3.8) is 0 Å². The molecular weight excluding hydrogens is 462 g/mol. The predicted octanol–water partition coefficient (Wildman–Crippen LogP) is 2.04. The summed E-state index contributed by atoms with van der Waals surface area (Å²) in [5.74, 6) is 0.576. The maximum atomic E-state index is 12.8. The molecule has 0 radical (unpaired) electrons. The summed E-state index contributed by atoms with van der Waals surface area (Å²) in [5.41, 5.74) is 4.43. The summed E-state index contributed by atoms with van der Waals surface area (Å²) in [6.07, 6.45) is 2.63. The lowest BCUT2D eigenvalue weighted by molar-refractivity contribution is 0.182. The van der Waals surface area contributed by atoms with Gasteiger partial charge in [0.2, 0.25) is 20.0 Å². The van der Waals surface area contributed by atoms with Crippen LogP contribution in [-0.2, 0) is 46.2 Å². The van der Waals surface area contributed by atoms with Crippen molar-refractivity contribution < 1.29 is 21.6 Å². The fourth-order valence-corrected chi connectivity index (χ4v) is 7.28. The maximum Gasteiger partial charge on any atom is 0.244 e. The highest BCUT2D eigenvalue weighted by atomic mass is 32.2. The summed E-state index contributed by atoms with van der Waals surface area (Å²) in [6.45, 7) is 3.99. The van der Waals surface area contributed by atoms with Gasteiger partial charge in [0.25, 0.3) is 0 Å². The van der Waals surface area contributed by atoms with Crippen LogP contribution in [0.1, 0.15) is 35.1 Å². The van der Waals surface area contributed by atoms with Crippen molar-refractivity contribution in [2.24, 2.45) is 5.92 Å². The van der Waals surface area contributed by atoms with E-state index in [0.717, 1.165) is 24.2 Å². The smallest absolute Gasteiger partial charge is 0.244 e. The van der Waals surface area contributed by atoms with E-state index in [9.17, 15) is 16.8 Å². The van der Waals surface area contributed by atoms with E-state index < -0.39 is 20.0 Å². The molecule has 0 bridgehead atoms. The number of piperidine rings is 1. The Hall–Kier alpha value is -1.98. The van der Waals surface area contributed by atoms with Crippen molar-refractivity contribution in [2.75, 3.05) is 26.0 Å². The Morgan fingerprint density at radius 3 is 2.36 bits per heavy atom. The molecule has 0 aliphatic carbocycles. The second-order valence-corrected chi connectivity index (χ2v) is 12.9. The average molecular weight is 492 g/mol. The Kier molecular flexibility index (Phi) is 5.98. The molecule has 1 N–H and O–H groups in total. The molecule has 1 saturated heterocycles. The second kappa shape index (κ2) is 8.66. The van der Waals surface area contributed by atoms with Crippen LogP contribution in [0.5, 0.6) is 5.75 Å². The molecule has 3 aliphatic rings. The van der Waals surface area contributed by atoms with Gasteiger partial charge in [-0.15, -0.1) is 0 Å². The van der Waals surface area contributed by atoms with Gasteiger partial charge >= 0.3 is 0 Å². The first-order valence-corrected chi connectivity index (χ1v) is 14.6. The zero-order chi connectivity index (χ0) is 23.2. The minimum atomic E-state index is -3.61. The molecule has 3 heterocycles. The molecule has 178 valence electrons. The molecule has 5 rings (SSSR count). The highest BCUT2D eigenvalue weighted by molar-refractivity contribution is 7.90. The predicted molar refractivity (Wildman–Crippen MR) is 124 cm³/mol. The first kappa shape index (κ1) is 22.8. The van der Waals surface area contributed by atoms with Gasteiger partial charge in [0.1, 0.15) is 10.6 Å². The lowest BCUT2D eigenvalue weighted by Gasteiger charge is -2.30. The SMILES string of the molecule is CS(=O)(=O)N1CCC(COc2ccc(CN3Cc4ccccc4C3)c3c2S(=O)(=O)NC3)CC1. The van der Waals surface area contributed by atoms with E-state index in [2.05, 4.69) is 21.8 Å². The van der Waals surface area contributed by atoms with Gasteiger partial charge in [0.05, 0.1) is 12.9 Å². The van der Waals surface area contributed by atoms with Crippen LogP contribution in [0.2, 0.25) is 0 Å². The number of fused-ring (bicyclic) bond motifs is 2. The van der Waals surface area contributed by atoms with Crippen LogP contribution in [0.15, 0.2) is 41.3 Å². The minimum absolute atomic E-state index is 0.193. The van der Waals surface area contributed by atoms with E-state index in [1.807, 2.05) is 18.2 Å². The molecule has 1 fully saturated rings. The quantitative estimate of drug-likeness (QED) is 0.665. The molecule has 0 unspecified atom stereocenters. The number of hydrogen-bond donors (Lipinski definition) is 1. The molecule has 0 spiro atoms. The Bertz CT molecular complexity index is 1240. The van der Waals surface area contributed by atoms with E-state index in [-0.39, 0.29) is 17.4 Å². The van der Waals surface area contributed by atoms with E-state index in [1.54, 1.807) is 6.07 Å². The van der Waals surface area contributed by atoms with Gasteiger partial charge in [-0.1, -0.05) is 30.3 Å². The summed E-state index contributed by atoms with van der Waals surface area (Å²) < 4.78 is 59.1. The topological polar surface area (TPSA) is 96.0 Å². The van der Waals surface area contributed by atoms with Crippen molar-refractivity contribution in [2.45, 2.75) is 43.9 Å². The van der Waals surface area contributed by atoms with Crippen molar-refractivity contribution in [1.82, 2.24) is 13.9 Å². The van der Waals surface area contributed by atoms with Crippen molar-refractivity contribution >= 4 is 20.0 Å². The maximum absolute atomic E-state index is 12.8. The van der Waals surface area contributed by atoms with Crippen molar-refractivity contribution in [1.29, 1.82) is 0 Å². The van der Waals surface area contributed by atoms with E-state index in [1.165, 1.54) is 21.7 Å². The van der Waals surface area contributed by atoms with Gasteiger partial charge in [-0.3, -0.25) is 4.90 Å². The summed E-state index contributed by atoms with van der Waals surface area (Å²) >= 11 is 0. The first-order chi connectivity index (χ1) is 15.7. The lowest BCUT2D eigenvalue weighted by atomic mass is 9.99. The van der Waals surface area contributed by atoms with Gasteiger partial charge in [-0.2, -0.15) is 0 Å². The number of benzene rings is 2. The molecule has 0 saturated carbocycles. The van der Waals surface area contributed by atoms with E-state index in [4.69, 9.17) is 4.74 Å². The number of rotatable bonds is 6. The molecule has 2 aromatic carbocycles. The zero-order valence-electron chi connectivity index (χ0n) is 18.7. The van der Waals surface area contributed by atoms with E-state index in [0.29, 0.717) is 44.8 Å². The normalized spacial score (nSPS) is 21.1. The first-order valence-electron chi connectivity index (χ1n) is 11.2. The van der Waals surface area contributed by atoms with Crippen LogP contribution in [0.25, 0.3) is 0 Å². The highest BCUT2D eigenvalue weighted by Gasteiger charge is 2.33. The monoisotopic (exact) mass is 491 g/mol. The molecule has 0 amide bonds. The number of sulfonamides is 2. The van der Waals surface area contributed by atoms with Gasteiger partial charge in [-0.05, 0) is 47.1 Å². The van der Waals surface area contributed by atoms with Crippen LogP contribution < -0.4 is 9.46 Å². The number of nitrogens with one attached hydrogen (secondary N) is 1. The third kappa shape index (κ3) is 4.67. The Morgan fingerprint density at radius 2 is 1.73 bits per heavy atom. The fourth-order valence-electron chi connectivity index (χ4n) is 5.01. The number of hydrogen-bond acceptors (Lipinski definition) is 6. The Morgan fingerprint density at radius 1 is 1.06 bits per heavy atom. The molecule has 10 heteroatoms. The van der Waals surface area contributed by atoms with Gasteiger partial charge < -0.3 is 4.74 Å². The van der Waals surface area contributed by atoms with Crippen molar-refractivity contribution in [3.8, 4) is 5.75 Å². The largest absolute Gasteiger partial charge is 0.492 e. The van der Waals surface area contributed by atoms with Crippen LogP contribution in [-0.4, -0.2) is 52.0 Å². The van der Waals surface area contributed by atoms with Gasteiger partial charge in [0.15, 0.2) is 0 Å². The third-order valence-corrected chi connectivity index (χ3v) is 9.66. The van der Waals surface area contributed by atoms with Gasteiger partial charge in [0, 0.05) is 39.3 Å². The molecule has 3 aliphatic heterocycles. The van der Waals surface area contributed by atoms with E-state index >= 15 is 0 Å². The van der Waals surface area contributed by atoms with Crippen LogP contribution in [0, 0.1) is 5.92 Å². The Labute approximate surface area is 195 Å². The number of ether oxygens (including phenoxy) is 1.